The summed E-state index contributed by atoms with van der Waals surface area (Å²) in [6, 6.07) is 8.57. The van der Waals surface area contributed by atoms with Gasteiger partial charge in [0.15, 0.2) is 51.4 Å². The number of hydrogen-bond acceptors (Lipinski definition) is 15. The molecule has 5 heterocycles. The molecule has 0 aliphatic carbocycles. The van der Waals surface area contributed by atoms with Crippen LogP contribution in [0.4, 0.5) is 0 Å². The van der Waals surface area contributed by atoms with Crippen LogP contribution in [0.5, 0.6) is 0 Å². The quantitative estimate of drug-likeness (QED) is 0.0422. The number of rotatable bonds is 30. The minimum Gasteiger partial charge on any atom is -0.414 e. The molecule has 0 saturated carbocycles. The van der Waals surface area contributed by atoms with Crippen molar-refractivity contribution in [3.63, 3.8) is 0 Å². The predicted molar refractivity (Wildman–Crippen MR) is 421 cm³/mol. The maximum atomic E-state index is 16.3. The Balaban J connectivity index is 1.48. The highest BCUT2D eigenvalue weighted by molar-refractivity contribution is 14.1. The van der Waals surface area contributed by atoms with E-state index in [2.05, 4.69) is 211 Å². The summed E-state index contributed by atoms with van der Waals surface area (Å²) < 4.78 is 115. The van der Waals surface area contributed by atoms with E-state index in [1.54, 1.807) is 31.4 Å². The normalized spacial score (nSPS) is 30.8. The van der Waals surface area contributed by atoms with Crippen LogP contribution in [0.3, 0.4) is 0 Å². The summed E-state index contributed by atoms with van der Waals surface area (Å²) in [5, 5.41) is 21.2. The lowest BCUT2D eigenvalue weighted by Gasteiger charge is -2.56. The second-order valence-corrected chi connectivity index (χ2v) is 64.1. The molecule has 5 fully saturated rings. The van der Waals surface area contributed by atoms with E-state index in [1.165, 1.54) is 0 Å². The summed E-state index contributed by atoms with van der Waals surface area (Å²) in [4.78, 5) is 0.101. The zero-order valence-electron chi connectivity index (χ0n) is 66.1. The molecule has 0 aromatic heterocycles. The molecule has 0 bridgehead atoms. The van der Waals surface area contributed by atoms with Gasteiger partial charge in [-0.05, 0) is 181 Å². The third-order valence-corrected chi connectivity index (χ3v) is 50.1. The van der Waals surface area contributed by atoms with Gasteiger partial charge in [0.05, 0.1) is 90.0 Å². The monoisotopic (exact) mass is 1590 g/mol. The first-order chi connectivity index (χ1) is 44.7. The molecule has 22 heteroatoms. The number of ether oxygens (including phenoxy) is 6. The van der Waals surface area contributed by atoms with Crippen LogP contribution in [0.1, 0.15) is 181 Å². The number of aliphatic hydroxyl groups excluding tert-OH is 2. The van der Waals surface area contributed by atoms with Crippen molar-refractivity contribution in [2.75, 3.05) is 20.3 Å². The van der Waals surface area contributed by atoms with E-state index in [0.717, 1.165) is 43.3 Å². The van der Waals surface area contributed by atoms with Crippen molar-refractivity contribution >= 4 is 74.0 Å². The molecule has 5 aliphatic heterocycles. The number of aliphatic hydroxyl groups is 2. The fraction of sp³-hybridized carbons (Fsp3) is 0.842. The zero-order chi connectivity index (χ0) is 74.1. The number of fused-ring (bicyclic) bond motifs is 1. The largest absolute Gasteiger partial charge is 0.414 e. The summed E-state index contributed by atoms with van der Waals surface area (Å²) in [6.45, 7) is 68.3. The lowest BCUT2D eigenvalue weighted by molar-refractivity contribution is -0.268. The third-order valence-electron chi connectivity index (χ3n) is 25.0. The van der Waals surface area contributed by atoms with E-state index in [0.29, 0.717) is 32.3 Å². The summed E-state index contributed by atoms with van der Waals surface area (Å²) in [7, 11) is -15.2. The molecule has 5 saturated heterocycles. The van der Waals surface area contributed by atoms with Gasteiger partial charge >= 0.3 is 0 Å². The molecule has 6 rings (SSSR count). The molecule has 2 N–H and O–H groups in total. The van der Waals surface area contributed by atoms with Crippen molar-refractivity contribution in [1.29, 1.82) is 0 Å². The molecule has 15 nitrogen and oxygen atoms in total. The first-order valence-electron chi connectivity index (χ1n) is 37.1. The van der Waals surface area contributed by atoms with Crippen LogP contribution >= 0.6 is 22.6 Å². The molecular weight excluding hydrogens is 1450 g/mol. The van der Waals surface area contributed by atoms with Crippen LogP contribution in [-0.4, -0.2) is 183 Å². The Hall–Kier alpha value is -0.316. The van der Waals surface area contributed by atoms with Gasteiger partial charge in [0.2, 0.25) is 0 Å². The first-order valence-corrected chi connectivity index (χ1v) is 54.4. The smallest absolute Gasteiger partial charge is 0.193 e. The Kier molecular flexibility index (Phi) is 29.6. The molecule has 1 aromatic rings. The van der Waals surface area contributed by atoms with Gasteiger partial charge in [0.25, 0.3) is 0 Å². The van der Waals surface area contributed by atoms with Gasteiger partial charge in [-0.25, -0.2) is 8.42 Å². The summed E-state index contributed by atoms with van der Waals surface area (Å²) in [5.74, 6) is -0.836. The van der Waals surface area contributed by atoms with E-state index < -0.39 is 142 Å². The SMILES string of the molecule is C=C1C[C@@H](CCCO)O[C@@H]1CC[C@H]1C[C@@H](C)C(=C)[C@@H](C[C@@H]2O[C@H](C[C@@H](CO[Si](C)(C)C(C)(C)C)O[Si](C)(C)C(C)(C)C)[C@H](OC)[C@H]2C(C(O)C[C@H]2CC[C@@H]3O[C@@H]([C@H](/C=C/I)O[Si](C)(C)C(C)(C)C)[C@@H](O[Si](C)(C)C(C)(C)C)[C@@H](O[Si](C)(C)C(C)(C)C)[C@H]3O2)S(=O)(=O)c2ccccc2)O1. The second kappa shape index (κ2) is 33.4. The molecule has 0 radical (unpaired) electrons. The van der Waals surface area contributed by atoms with Gasteiger partial charge in [-0.2, -0.15) is 0 Å². The van der Waals surface area contributed by atoms with Crippen molar-refractivity contribution in [1.82, 2.24) is 0 Å². The van der Waals surface area contributed by atoms with Crippen molar-refractivity contribution in [3.05, 3.63) is 64.8 Å². The Morgan fingerprint density at radius 2 is 1.19 bits per heavy atom. The third kappa shape index (κ3) is 21.1. The van der Waals surface area contributed by atoms with Gasteiger partial charge in [-0.15, -0.1) is 0 Å². The summed E-state index contributed by atoms with van der Waals surface area (Å²) in [6.07, 6.45) is -0.549. The van der Waals surface area contributed by atoms with E-state index in [4.69, 9.17) is 57.1 Å². The van der Waals surface area contributed by atoms with E-state index in [9.17, 15) is 10.2 Å². The standard InChI is InChI=1S/C76H139IO15SSi5/c1-50-44-54(37-39-59-51(2)45-53(84-59)34-33-43-78)85-62(52(50)3)48-63-65(66(82-19)64(87-63)47-56(89-95(22,23)73(7,8)9)49-83-94(20,21)72(4,5)6)71(93(80,81)57-35-31-30-32-36-57)58(79)46-55-38-40-60-67(86-55)69(91-97(26,27)75(13,14)15)70(92-98(28,29)76(16,17)18)68(88-60)61(41-42-77)90-96(24,25)74(10,11)12/h30-32,35-36,41-42,50,53-56,58-71,78-79H,2-3,33-34,37-40,43-49H2,1,4-29H3/b42-41+/t50-,53-,54+,55-,56+,58?,59-,60+,61+,62-,63+,64-,65+,66+,67+,68+,69+,70-,71?/m1/s1. The van der Waals surface area contributed by atoms with Crippen molar-refractivity contribution < 1.29 is 69.2 Å². The highest BCUT2D eigenvalue weighted by atomic mass is 127. The Morgan fingerprint density at radius 3 is 1.73 bits per heavy atom. The van der Waals surface area contributed by atoms with Crippen LogP contribution < -0.4 is 0 Å². The van der Waals surface area contributed by atoms with Gasteiger partial charge < -0.3 is 60.8 Å². The van der Waals surface area contributed by atoms with Gasteiger partial charge in [0.1, 0.15) is 24.4 Å². The van der Waals surface area contributed by atoms with E-state index in [1.807, 2.05) is 10.1 Å². The molecule has 0 spiro atoms. The highest BCUT2D eigenvalue weighted by Crippen LogP contribution is 2.51. The fourth-order valence-electron chi connectivity index (χ4n) is 13.6. The van der Waals surface area contributed by atoms with Crippen LogP contribution in [-0.2, 0) is 60.4 Å². The maximum Gasteiger partial charge on any atom is 0.193 e. The van der Waals surface area contributed by atoms with Crippen LogP contribution in [0, 0.1) is 11.8 Å². The average Bonchev–Trinajstić information content (AvgIpc) is 1.19. The Bertz CT molecular complexity index is 2880. The lowest BCUT2D eigenvalue weighted by atomic mass is 9.80. The van der Waals surface area contributed by atoms with Crippen LogP contribution in [0.2, 0.25) is 90.7 Å². The number of methoxy groups -OCH3 is 1. The predicted octanol–water partition coefficient (Wildman–Crippen LogP) is 18.2. The second-order valence-electron chi connectivity index (χ2n) is 37.5. The van der Waals surface area contributed by atoms with Gasteiger partial charge in [-0.3, -0.25) is 0 Å². The molecule has 566 valence electrons. The molecule has 2 unspecified atom stereocenters. The topological polar surface area (TPSA) is 176 Å². The van der Waals surface area contributed by atoms with Gasteiger partial charge in [-0.1, -0.05) is 165 Å². The number of halogens is 1. The van der Waals surface area contributed by atoms with Crippen LogP contribution in [0.25, 0.3) is 0 Å². The Morgan fingerprint density at radius 1 is 0.643 bits per heavy atom. The highest BCUT2D eigenvalue weighted by Gasteiger charge is 2.61. The van der Waals surface area contributed by atoms with Crippen LogP contribution in [0.15, 0.2) is 69.7 Å². The van der Waals surface area contributed by atoms with Crippen molar-refractivity contribution in [2.24, 2.45) is 11.8 Å². The van der Waals surface area contributed by atoms with Gasteiger partial charge in [0, 0.05) is 38.9 Å². The summed E-state index contributed by atoms with van der Waals surface area (Å²) in [5.41, 5.74) is 2.00. The van der Waals surface area contributed by atoms with E-state index in [-0.39, 0.29) is 73.8 Å². The first kappa shape index (κ1) is 86.6. The van der Waals surface area contributed by atoms with Crippen molar-refractivity contribution in [2.45, 2.75) is 380 Å². The minimum absolute atomic E-state index is 0.0124. The molecule has 5 aliphatic rings. The lowest BCUT2D eigenvalue weighted by Crippen LogP contribution is -2.69. The molecule has 19 atom stereocenters. The molecule has 0 amide bonds. The zero-order valence-corrected chi connectivity index (χ0v) is 74.1. The molecular formula is C76H139IO15SSi5. The Labute approximate surface area is 615 Å². The summed E-state index contributed by atoms with van der Waals surface area (Å²) >= 11 is 2.30. The minimum atomic E-state index is -4.42. The number of hydrogen-bond donors (Lipinski definition) is 2. The fourth-order valence-corrected chi connectivity index (χ4v) is 22.4. The maximum absolute atomic E-state index is 16.3. The number of sulfone groups is 1. The molecule has 1 aromatic carbocycles. The average molecular weight is 1590 g/mol. The molecule has 98 heavy (non-hydrogen) atoms. The van der Waals surface area contributed by atoms with Crippen molar-refractivity contribution in [3.8, 4) is 0 Å². The number of benzene rings is 1. The van der Waals surface area contributed by atoms with E-state index >= 15 is 8.42 Å².